The summed E-state index contributed by atoms with van der Waals surface area (Å²) >= 11 is 0. The molecule has 0 fully saturated rings. The van der Waals surface area contributed by atoms with Crippen LogP contribution < -0.4 is 5.32 Å². The van der Waals surface area contributed by atoms with Crippen LogP contribution in [0.15, 0.2) is 12.3 Å². The first-order valence-electron chi connectivity index (χ1n) is 4.69. The maximum atomic E-state index is 11.3. The molecule has 0 unspecified atom stereocenters. The molecule has 0 spiro atoms. The Balaban J connectivity index is 2.55. The number of aromatic nitrogens is 2. The van der Waals surface area contributed by atoms with E-state index < -0.39 is 11.5 Å². The van der Waals surface area contributed by atoms with Crippen molar-refractivity contribution in [1.29, 1.82) is 0 Å². The van der Waals surface area contributed by atoms with E-state index >= 15 is 0 Å². The molecule has 1 amide bonds. The average Bonchev–Trinajstić information content (AvgIpc) is 2.12. The Morgan fingerprint density at radius 2 is 2.27 bits per heavy atom. The molecule has 1 aromatic heterocycles. The molecule has 15 heavy (non-hydrogen) atoms. The van der Waals surface area contributed by atoms with E-state index in [0.29, 0.717) is 12.4 Å². The lowest BCUT2D eigenvalue weighted by Crippen LogP contribution is -2.41. The van der Waals surface area contributed by atoms with Gasteiger partial charge in [-0.25, -0.2) is 9.97 Å². The maximum Gasteiger partial charge on any atom is 0.251 e. The molecule has 1 aromatic rings. The SMILES string of the molecule is Cc1nccc(CNC(=O)C(C)(C)O)n1. The van der Waals surface area contributed by atoms with Crippen LogP contribution in [0.4, 0.5) is 0 Å². The quantitative estimate of drug-likeness (QED) is 0.744. The van der Waals surface area contributed by atoms with Gasteiger partial charge in [-0.15, -0.1) is 0 Å². The molecule has 0 bridgehead atoms. The van der Waals surface area contributed by atoms with Crippen molar-refractivity contribution < 1.29 is 9.90 Å². The second-order valence-corrected chi connectivity index (χ2v) is 3.84. The summed E-state index contributed by atoms with van der Waals surface area (Å²) in [5.41, 5.74) is -0.637. The Hall–Kier alpha value is -1.49. The van der Waals surface area contributed by atoms with Crippen LogP contribution in [-0.2, 0) is 11.3 Å². The summed E-state index contributed by atoms with van der Waals surface area (Å²) in [5, 5.41) is 12.0. The fourth-order valence-corrected chi connectivity index (χ4v) is 0.991. The molecule has 0 radical (unpaired) electrons. The van der Waals surface area contributed by atoms with Crippen molar-refractivity contribution >= 4 is 5.91 Å². The molecule has 0 aliphatic rings. The van der Waals surface area contributed by atoms with E-state index in [4.69, 9.17) is 0 Å². The second-order valence-electron chi connectivity index (χ2n) is 3.84. The Morgan fingerprint density at radius 3 is 2.80 bits per heavy atom. The monoisotopic (exact) mass is 209 g/mol. The number of rotatable bonds is 3. The molecule has 0 aromatic carbocycles. The molecule has 5 nitrogen and oxygen atoms in total. The van der Waals surface area contributed by atoms with Gasteiger partial charge in [0.1, 0.15) is 11.4 Å². The minimum Gasteiger partial charge on any atom is -0.381 e. The number of aliphatic hydroxyl groups is 1. The Bertz CT molecular complexity index is 358. The van der Waals surface area contributed by atoms with Crippen LogP contribution in [0.25, 0.3) is 0 Å². The van der Waals surface area contributed by atoms with Crippen LogP contribution in [0, 0.1) is 6.92 Å². The van der Waals surface area contributed by atoms with E-state index in [0.717, 1.165) is 5.69 Å². The average molecular weight is 209 g/mol. The van der Waals surface area contributed by atoms with Crippen molar-refractivity contribution in [3.8, 4) is 0 Å². The van der Waals surface area contributed by atoms with Gasteiger partial charge < -0.3 is 10.4 Å². The molecule has 2 N–H and O–H groups in total. The van der Waals surface area contributed by atoms with Crippen LogP contribution in [0.1, 0.15) is 25.4 Å². The highest BCUT2D eigenvalue weighted by Gasteiger charge is 2.22. The van der Waals surface area contributed by atoms with Gasteiger partial charge >= 0.3 is 0 Å². The molecule has 0 saturated heterocycles. The third-order valence-corrected chi connectivity index (χ3v) is 1.82. The van der Waals surface area contributed by atoms with Crippen molar-refractivity contribution in [3.05, 3.63) is 23.8 Å². The van der Waals surface area contributed by atoms with Crippen molar-refractivity contribution in [3.63, 3.8) is 0 Å². The zero-order valence-electron chi connectivity index (χ0n) is 9.11. The largest absolute Gasteiger partial charge is 0.381 e. The number of nitrogens with zero attached hydrogens (tertiary/aromatic N) is 2. The fraction of sp³-hybridized carbons (Fsp3) is 0.500. The van der Waals surface area contributed by atoms with Crippen molar-refractivity contribution in [1.82, 2.24) is 15.3 Å². The molecule has 0 aliphatic heterocycles. The molecule has 0 atom stereocenters. The Kier molecular flexibility index (Phi) is 3.36. The van der Waals surface area contributed by atoms with Gasteiger partial charge in [0.05, 0.1) is 12.2 Å². The van der Waals surface area contributed by atoms with Gasteiger partial charge in [-0.05, 0) is 26.8 Å². The Labute approximate surface area is 88.6 Å². The number of aryl methyl sites for hydroxylation is 1. The van der Waals surface area contributed by atoms with Gasteiger partial charge in [0.25, 0.3) is 5.91 Å². The van der Waals surface area contributed by atoms with E-state index in [2.05, 4.69) is 15.3 Å². The normalized spacial score (nSPS) is 11.2. The van der Waals surface area contributed by atoms with Crippen LogP contribution in [0.5, 0.6) is 0 Å². The number of nitrogens with one attached hydrogen (secondary N) is 1. The molecule has 82 valence electrons. The number of carbonyl (C=O) groups excluding carboxylic acids is 1. The number of carbonyl (C=O) groups is 1. The maximum absolute atomic E-state index is 11.3. The van der Waals surface area contributed by atoms with E-state index in [1.807, 2.05) is 0 Å². The number of hydrogen-bond acceptors (Lipinski definition) is 4. The molecular weight excluding hydrogens is 194 g/mol. The molecule has 1 heterocycles. The minimum absolute atomic E-state index is 0.298. The third kappa shape index (κ3) is 3.63. The number of amides is 1. The first-order chi connectivity index (χ1) is 6.89. The van der Waals surface area contributed by atoms with Gasteiger partial charge in [0.15, 0.2) is 0 Å². The zero-order chi connectivity index (χ0) is 11.5. The van der Waals surface area contributed by atoms with Crippen molar-refractivity contribution in [2.75, 3.05) is 0 Å². The van der Waals surface area contributed by atoms with E-state index in [1.165, 1.54) is 13.8 Å². The van der Waals surface area contributed by atoms with Crippen molar-refractivity contribution in [2.24, 2.45) is 0 Å². The van der Waals surface area contributed by atoms with Crippen LogP contribution >= 0.6 is 0 Å². The first kappa shape index (κ1) is 11.6. The van der Waals surface area contributed by atoms with Gasteiger partial charge in [-0.1, -0.05) is 0 Å². The predicted molar refractivity (Wildman–Crippen MR) is 54.9 cm³/mol. The standard InChI is InChI=1S/C10H15N3O2/c1-7-11-5-4-8(13-7)6-12-9(14)10(2,3)15/h4-5,15H,6H2,1-3H3,(H,12,14). The lowest BCUT2D eigenvalue weighted by molar-refractivity contribution is -0.136. The Morgan fingerprint density at radius 1 is 1.60 bits per heavy atom. The van der Waals surface area contributed by atoms with E-state index in [-0.39, 0.29) is 0 Å². The lowest BCUT2D eigenvalue weighted by Gasteiger charge is -2.16. The van der Waals surface area contributed by atoms with Gasteiger partial charge in [-0.2, -0.15) is 0 Å². The third-order valence-electron chi connectivity index (χ3n) is 1.82. The van der Waals surface area contributed by atoms with Crippen molar-refractivity contribution in [2.45, 2.75) is 32.9 Å². The minimum atomic E-state index is -1.36. The summed E-state index contributed by atoms with van der Waals surface area (Å²) < 4.78 is 0. The predicted octanol–water partition coefficient (Wildman–Crippen LogP) is 0.172. The molecule has 1 rings (SSSR count). The van der Waals surface area contributed by atoms with E-state index in [9.17, 15) is 9.90 Å². The number of hydrogen-bond donors (Lipinski definition) is 2. The van der Waals surface area contributed by atoms with Crippen LogP contribution in [0.2, 0.25) is 0 Å². The highest BCUT2D eigenvalue weighted by molar-refractivity contribution is 5.83. The fourth-order valence-electron chi connectivity index (χ4n) is 0.991. The lowest BCUT2D eigenvalue weighted by atomic mass is 10.1. The highest BCUT2D eigenvalue weighted by Crippen LogP contribution is 2.01. The smallest absolute Gasteiger partial charge is 0.251 e. The van der Waals surface area contributed by atoms with Gasteiger partial charge in [0.2, 0.25) is 0 Å². The van der Waals surface area contributed by atoms with Gasteiger partial charge in [-0.3, -0.25) is 4.79 Å². The molecular formula is C10H15N3O2. The summed E-state index contributed by atoms with van der Waals surface area (Å²) in [6, 6.07) is 1.72. The second kappa shape index (κ2) is 4.35. The zero-order valence-corrected chi connectivity index (χ0v) is 9.11. The summed E-state index contributed by atoms with van der Waals surface area (Å²) in [6.45, 7) is 4.95. The summed E-state index contributed by atoms with van der Waals surface area (Å²) in [6.07, 6.45) is 1.63. The van der Waals surface area contributed by atoms with Gasteiger partial charge in [0, 0.05) is 6.20 Å². The first-order valence-corrected chi connectivity index (χ1v) is 4.69. The molecule has 0 saturated carbocycles. The summed E-state index contributed by atoms with van der Waals surface area (Å²) in [7, 11) is 0. The van der Waals surface area contributed by atoms with E-state index in [1.54, 1.807) is 19.2 Å². The molecule has 0 aliphatic carbocycles. The van der Waals surface area contributed by atoms with Crippen LogP contribution in [-0.4, -0.2) is 26.6 Å². The topological polar surface area (TPSA) is 75.1 Å². The summed E-state index contributed by atoms with van der Waals surface area (Å²) in [4.78, 5) is 19.4. The summed E-state index contributed by atoms with van der Waals surface area (Å²) in [5.74, 6) is 0.240. The highest BCUT2D eigenvalue weighted by atomic mass is 16.3. The van der Waals surface area contributed by atoms with Crippen LogP contribution in [0.3, 0.4) is 0 Å². The molecule has 5 heteroatoms.